The highest BCUT2D eigenvalue weighted by molar-refractivity contribution is 7.16. The number of hydrogen-bond donors (Lipinski definition) is 1. The first-order valence-corrected chi connectivity index (χ1v) is 7.72. The average molecular weight is 330 g/mol. The number of nitrogens with one attached hydrogen (secondary N) is 1. The van der Waals surface area contributed by atoms with Crippen molar-refractivity contribution in [1.82, 2.24) is 5.32 Å². The summed E-state index contributed by atoms with van der Waals surface area (Å²) in [5.41, 5.74) is 0. The first kappa shape index (κ1) is 17.8. The van der Waals surface area contributed by atoms with Gasteiger partial charge in [-0.05, 0) is 37.9 Å². The van der Waals surface area contributed by atoms with Crippen LogP contribution in [-0.4, -0.2) is 32.0 Å². The second-order valence-electron chi connectivity index (χ2n) is 4.52. The van der Waals surface area contributed by atoms with Gasteiger partial charge in [-0.15, -0.1) is 11.3 Å². The van der Waals surface area contributed by atoms with Crippen LogP contribution in [0.2, 0.25) is 4.34 Å². The summed E-state index contributed by atoms with van der Waals surface area (Å²) in [6, 6.07) is 3.89. The molecule has 1 atom stereocenters. The summed E-state index contributed by atoms with van der Waals surface area (Å²) in [6.45, 7) is 1.80. The van der Waals surface area contributed by atoms with Gasteiger partial charge in [0.2, 0.25) is 0 Å². The molecule has 0 aliphatic heterocycles. The predicted octanol–water partition coefficient (Wildman–Crippen LogP) is 4.28. The van der Waals surface area contributed by atoms with E-state index < -0.39 is 12.8 Å². The number of halogens is 4. The molecule has 0 amide bonds. The highest BCUT2D eigenvalue weighted by atomic mass is 35.5. The average Bonchev–Trinajstić information content (AvgIpc) is 2.75. The van der Waals surface area contributed by atoms with Crippen LogP contribution in [0.4, 0.5) is 13.2 Å². The van der Waals surface area contributed by atoms with Crippen molar-refractivity contribution in [2.75, 3.05) is 19.8 Å². The summed E-state index contributed by atoms with van der Waals surface area (Å²) in [7, 11) is 0. The van der Waals surface area contributed by atoms with Crippen molar-refractivity contribution in [3.63, 3.8) is 0 Å². The van der Waals surface area contributed by atoms with Gasteiger partial charge in [-0.1, -0.05) is 18.5 Å². The number of thiophene rings is 1. The van der Waals surface area contributed by atoms with E-state index in [1.807, 2.05) is 19.1 Å². The van der Waals surface area contributed by atoms with Crippen molar-refractivity contribution in [1.29, 1.82) is 0 Å². The first-order valence-electron chi connectivity index (χ1n) is 6.53. The molecule has 7 heteroatoms. The lowest BCUT2D eigenvalue weighted by Gasteiger charge is -2.18. The minimum atomic E-state index is -4.26. The van der Waals surface area contributed by atoms with Crippen molar-refractivity contribution in [3.05, 3.63) is 21.3 Å². The number of hydrogen-bond acceptors (Lipinski definition) is 3. The maximum absolute atomic E-state index is 12.0. The molecule has 0 spiro atoms. The Hall–Kier alpha value is -0.300. The van der Waals surface area contributed by atoms with Gasteiger partial charge < -0.3 is 10.1 Å². The molecule has 2 nitrogen and oxygen atoms in total. The van der Waals surface area contributed by atoms with E-state index in [0.29, 0.717) is 6.42 Å². The van der Waals surface area contributed by atoms with Gasteiger partial charge in [-0.3, -0.25) is 0 Å². The Balaban J connectivity index is 2.35. The quantitative estimate of drug-likeness (QED) is 0.683. The lowest BCUT2D eigenvalue weighted by molar-refractivity contribution is -0.174. The highest BCUT2D eigenvalue weighted by Gasteiger charge is 2.27. The van der Waals surface area contributed by atoms with Gasteiger partial charge in [0.25, 0.3) is 0 Å². The Kier molecular flexibility index (Phi) is 7.87. The van der Waals surface area contributed by atoms with Gasteiger partial charge in [0.05, 0.1) is 4.34 Å². The predicted molar refractivity (Wildman–Crippen MR) is 76.6 cm³/mol. The van der Waals surface area contributed by atoms with Crippen molar-refractivity contribution in [3.8, 4) is 0 Å². The molecule has 1 aromatic heterocycles. The van der Waals surface area contributed by atoms with E-state index in [9.17, 15) is 13.2 Å². The zero-order valence-corrected chi connectivity index (χ0v) is 12.9. The van der Waals surface area contributed by atoms with Gasteiger partial charge in [0.15, 0.2) is 0 Å². The van der Waals surface area contributed by atoms with Gasteiger partial charge in [0, 0.05) is 17.5 Å². The molecule has 1 rings (SSSR count). The molecule has 0 aliphatic carbocycles. The molecule has 0 saturated heterocycles. The van der Waals surface area contributed by atoms with Gasteiger partial charge in [-0.25, -0.2) is 0 Å². The Morgan fingerprint density at radius 3 is 2.70 bits per heavy atom. The monoisotopic (exact) mass is 329 g/mol. The summed E-state index contributed by atoms with van der Waals surface area (Å²) in [5.74, 6) is 0. The fourth-order valence-corrected chi connectivity index (χ4v) is 2.91. The third-order valence-electron chi connectivity index (χ3n) is 2.64. The SMILES string of the molecule is CCCNC(CCOCC(F)(F)F)Cc1ccc(Cl)s1. The third-order valence-corrected chi connectivity index (χ3v) is 3.89. The van der Waals surface area contributed by atoms with E-state index in [1.165, 1.54) is 11.3 Å². The Morgan fingerprint density at radius 1 is 1.40 bits per heavy atom. The smallest absolute Gasteiger partial charge is 0.372 e. The molecule has 116 valence electrons. The largest absolute Gasteiger partial charge is 0.411 e. The molecule has 0 saturated carbocycles. The van der Waals surface area contributed by atoms with Gasteiger partial charge in [0.1, 0.15) is 6.61 Å². The fraction of sp³-hybridized carbons (Fsp3) is 0.692. The van der Waals surface area contributed by atoms with E-state index in [-0.39, 0.29) is 12.6 Å². The summed E-state index contributed by atoms with van der Waals surface area (Å²) < 4.78 is 41.3. The molecule has 1 aromatic rings. The minimum absolute atomic E-state index is 0.0972. The van der Waals surface area contributed by atoms with Crippen LogP contribution >= 0.6 is 22.9 Å². The van der Waals surface area contributed by atoms with Crippen LogP contribution in [0.25, 0.3) is 0 Å². The zero-order valence-electron chi connectivity index (χ0n) is 11.3. The fourth-order valence-electron chi connectivity index (χ4n) is 1.74. The molecular weight excluding hydrogens is 311 g/mol. The lowest BCUT2D eigenvalue weighted by Crippen LogP contribution is -2.33. The standard InChI is InChI=1S/C13H19ClF3NOS/c1-2-6-18-10(5-7-19-9-13(15,16)17)8-11-3-4-12(14)20-11/h3-4,10,18H,2,5-9H2,1H3. The van der Waals surface area contributed by atoms with Crippen molar-refractivity contribution in [2.45, 2.75) is 38.4 Å². The molecule has 1 unspecified atom stereocenters. The Bertz CT molecular complexity index is 384. The van der Waals surface area contributed by atoms with Crippen LogP contribution in [0.15, 0.2) is 12.1 Å². The first-order chi connectivity index (χ1) is 9.40. The Morgan fingerprint density at radius 2 is 2.15 bits per heavy atom. The molecule has 0 bridgehead atoms. The van der Waals surface area contributed by atoms with E-state index in [0.717, 1.165) is 28.6 Å². The molecule has 0 fully saturated rings. The topological polar surface area (TPSA) is 21.3 Å². The third kappa shape index (κ3) is 8.09. The van der Waals surface area contributed by atoms with Gasteiger partial charge >= 0.3 is 6.18 Å². The van der Waals surface area contributed by atoms with Crippen LogP contribution in [-0.2, 0) is 11.2 Å². The zero-order chi connectivity index (χ0) is 15.0. The number of rotatable bonds is 9. The van der Waals surface area contributed by atoms with Crippen LogP contribution in [0.1, 0.15) is 24.6 Å². The molecule has 1 heterocycles. The minimum Gasteiger partial charge on any atom is -0.372 e. The summed E-state index contributed by atoms with van der Waals surface area (Å²) >= 11 is 7.37. The lowest BCUT2D eigenvalue weighted by atomic mass is 10.1. The molecule has 1 N–H and O–H groups in total. The van der Waals surface area contributed by atoms with Gasteiger partial charge in [-0.2, -0.15) is 13.2 Å². The number of alkyl halides is 3. The summed E-state index contributed by atoms with van der Waals surface area (Å²) in [5, 5.41) is 3.33. The molecule has 0 aliphatic rings. The molecule has 0 aromatic carbocycles. The normalized spacial score (nSPS) is 13.7. The van der Waals surface area contributed by atoms with Crippen molar-refractivity contribution >= 4 is 22.9 Å². The molecule has 0 radical (unpaired) electrons. The second-order valence-corrected chi connectivity index (χ2v) is 6.32. The van der Waals surface area contributed by atoms with Crippen molar-refractivity contribution < 1.29 is 17.9 Å². The molecular formula is C13H19ClF3NOS. The summed E-state index contributed by atoms with van der Waals surface area (Å²) in [4.78, 5) is 1.12. The maximum atomic E-state index is 12.0. The maximum Gasteiger partial charge on any atom is 0.411 e. The molecule has 20 heavy (non-hydrogen) atoms. The number of ether oxygens (including phenoxy) is 1. The van der Waals surface area contributed by atoms with E-state index in [2.05, 4.69) is 10.1 Å². The highest BCUT2D eigenvalue weighted by Crippen LogP contribution is 2.23. The van der Waals surface area contributed by atoms with E-state index >= 15 is 0 Å². The second kappa shape index (κ2) is 8.87. The van der Waals surface area contributed by atoms with E-state index in [1.54, 1.807) is 0 Å². The van der Waals surface area contributed by atoms with Crippen LogP contribution in [0.5, 0.6) is 0 Å². The van der Waals surface area contributed by atoms with E-state index in [4.69, 9.17) is 11.6 Å². The summed E-state index contributed by atoms with van der Waals surface area (Å²) in [6.07, 6.45) is -1.98. The van der Waals surface area contributed by atoms with Crippen molar-refractivity contribution in [2.24, 2.45) is 0 Å². The van der Waals surface area contributed by atoms with Crippen LogP contribution in [0.3, 0.4) is 0 Å². The van der Waals surface area contributed by atoms with Crippen LogP contribution in [0, 0.1) is 0 Å². The Labute approximate surface area is 126 Å². The van der Waals surface area contributed by atoms with Crippen LogP contribution < -0.4 is 5.32 Å².